The third-order valence-corrected chi connectivity index (χ3v) is 6.36. The van der Waals surface area contributed by atoms with E-state index in [0.717, 1.165) is 25.7 Å². The lowest BCUT2D eigenvalue weighted by Crippen LogP contribution is -2.23. The van der Waals surface area contributed by atoms with E-state index in [1.54, 1.807) is 0 Å². The van der Waals surface area contributed by atoms with Crippen LogP contribution in [0.15, 0.2) is 54.6 Å². The molecule has 3 aromatic rings. The second kappa shape index (κ2) is 7.73. The van der Waals surface area contributed by atoms with Crippen LogP contribution < -0.4 is 0 Å². The van der Waals surface area contributed by atoms with Gasteiger partial charge in [-0.1, -0.05) is 42.5 Å². The molecule has 0 N–H and O–H groups in total. The summed E-state index contributed by atoms with van der Waals surface area (Å²) in [7, 11) is -1.53. The molecule has 0 aliphatic heterocycles. The Morgan fingerprint density at radius 1 is 0.783 bits per heavy atom. The topological polar surface area (TPSA) is 18.5 Å². The summed E-state index contributed by atoms with van der Waals surface area (Å²) in [6.07, 6.45) is 1.02. The number of benzene rings is 3. The molecule has 0 saturated carbocycles. The van der Waals surface area contributed by atoms with Crippen molar-refractivity contribution in [3.05, 3.63) is 60.2 Å². The maximum atomic E-state index is 5.80. The molecule has 3 rings (SSSR count). The molecule has 120 valence electrons. The normalized spacial score (nSPS) is 11.6. The first-order valence-electron chi connectivity index (χ1n) is 8.45. The van der Waals surface area contributed by atoms with Crippen molar-refractivity contribution in [3.8, 4) is 0 Å². The van der Waals surface area contributed by atoms with Gasteiger partial charge in [0.25, 0.3) is 0 Å². The molecule has 0 bridgehead atoms. The van der Waals surface area contributed by atoms with Crippen molar-refractivity contribution in [2.24, 2.45) is 0 Å². The first-order chi connectivity index (χ1) is 11.3. The largest absolute Gasteiger partial charge is 0.397 e. The lowest BCUT2D eigenvalue weighted by atomic mass is 9.99. The van der Waals surface area contributed by atoms with E-state index >= 15 is 0 Å². The molecule has 2 nitrogen and oxygen atoms in total. The number of rotatable bonds is 7. The maximum absolute atomic E-state index is 5.80. The first-order valence-corrected chi connectivity index (χ1v) is 10.2. The van der Waals surface area contributed by atoms with Gasteiger partial charge in [0.2, 0.25) is 0 Å². The van der Waals surface area contributed by atoms with E-state index in [1.165, 1.54) is 27.1 Å². The van der Waals surface area contributed by atoms with Crippen molar-refractivity contribution in [3.63, 3.8) is 0 Å². The van der Waals surface area contributed by atoms with Gasteiger partial charge in [-0.05, 0) is 65.6 Å². The average molecular weight is 324 g/mol. The monoisotopic (exact) mass is 324 g/mol. The van der Waals surface area contributed by atoms with Crippen LogP contribution in [0.1, 0.15) is 19.4 Å². The summed E-state index contributed by atoms with van der Waals surface area (Å²) in [6.45, 7) is 5.58. The Balaban J connectivity index is 1.89. The molecule has 3 aromatic carbocycles. The van der Waals surface area contributed by atoms with Gasteiger partial charge in [-0.15, -0.1) is 0 Å². The van der Waals surface area contributed by atoms with E-state index in [2.05, 4.69) is 54.6 Å². The fraction of sp³-hybridized carbons (Fsp3) is 0.300. The van der Waals surface area contributed by atoms with Gasteiger partial charge < -0.3 is 8.85 Å². The van der Waals surface area contributed by atoms with E-state index in [1.807, 2.05) is 13.8 Å². The van der Waals surface area contributed by atoms with Crippen molar-refractivity contribution < 1.29 is 8.85 Å². The van der Waals surface area contributed by atoms with Gasteiger partial charge >= 0.3 is 9.28 Å². The second-order valence-corrected chi connectivity index (χ2v) is 7.82. The molecule has 0 aromatic heterocycles. The Kier molecular flexibility index (Phi) is 5.44. The van der Waals surface area contributed by atoms with E-state index in [9.17, 15) is 0 Å². The molecule has 0 aliphatic rings. The van der Waals surface area contributed by atoms with E-state index in [4.69, 9.17) is 8.85 Å². The van der Waals surface area contributed by atoms with Crippen LogP contribution >= 0.6 is 0 Å². The lowest BCUT2D eigenvalue weighted by Gasteiger charge is -2.15. The van der Waals surface area contributed by atoms with Gasteiger partial charge in [-0.2, -0.15) is 0 Å². The molecule has 0 radical (unpaired) electrons. The quantitative estimate of drug-likeness (QED) is 0.458. The molecule has 0 saturated heterocycles. The molecule has 0 atom stereocenters. The zero-order chi connectivity index (χ0) is 16.1. The highest BCUT2D eigenvalue weighted by Gasteiger charge is 2.13. The van der Waals surface area contributed by atoms with Crippen LogP contribution in [0.4, 0.5) is 0 Å². The zero-order valence-electron chi connectivity index (χ0n) is 13.9. The summed E-state index contributed by atoms with van der Waals surface area (Å²) < 4.78 is 11.6. The van der Waals surface area contributed by atoms with Crippen LogP contribution in [-0.4, -0.2) is 22.5 Å². The molecular formula is C20H24O2Si. The van der Waals surface area contributed by atoms with Gasteiger partial charge in [-0.25, -0.2) is 0 Å². The predicted octanol–water partition coefficient (Wildman–Crippen LogP) is 4.83. The highest BCUT2D eigenvalue weighted by molar-refractivity contribution is 6.44. The van der Waals surface area contributed by atoms with Gasteiger partial charge in [-0.3, -0.25) is 0 Å². The van der Waals surface area contributed by atoms with E-state index < -0.39 is 9.28 Å². The van der Waals surface area contributed by atoms with Crippen LogP contribution in [0.25, 0.3) is 21.5 Å². The van der Waals surface area contributed by atoms with Crippen LogP contribution in [0.2, 0.25) is 6.04 Å². The van der Waals surface area contributed by atoms with E-state index in [0.29, 0.717) is 0 Å². The summed E-state index contributed by atoms with van der Waals surface area (Å²) in [6, 6.07) is 20.8. The second-order valence-electron chi connectivity index (χ2n) is 5.72. The molecule has 0 unspecified atom stereocenters. The fourth-order valence-electron chi connectivity index (χ4n) is 3.11. The Morgan fingerprint density at radius 2 is 1.43 bits per heavy atom. The van der Waals surface area contributed by atoms with Crippen LogP contribution in [0.5, 0.6) is 0 Å². The minimum atomic E-state index is -1.53. The summed E-state index contributed by atoms with van der Waals surface area (Å²) in [5.74, 6) is 0. The number of hydrogen-bond donors (Lipinski definition) is 0. The molecule has 0 spiro atoms. The van der Waals surface area contributed by atoms with Crippen molar-refractivity contribution in [1.29, 1.82) is 0 Å². The third kappa shape index (κ3) is 3.81. The standard InChI is InChI=1S/C20H24O2Si/c1-3-21-23(22-4-2)13-12-16-10-7-11-19-14-17-8-5-6-9-18(17)15-20(16)19/h5-11,14-15,23H,3-4,12-13H2,1-2H3. The molecule has 0 fully saturated rings. The average Bonchev–Trinajstić information content (AvgIpc) is 2.58. The van der Waals surface area contributed by atoms with Gasteiger partial charge in [0.1, 0.15) is 0 Å². The summed E-state index contributed by atoms with van der Waals surface area (Å²) in [5.41, 5.74) is 1.39. The number of fused-ring (bicyclic) bond motifs is 2. The van der Waals surface area contributed by atoms with Crippen LogP contribution in [0, 0.1) is 0 Å². The van der Waals surface area contributed by atoms with Crippen molar-refractivity contribution in [1.82, 2.24) is 0 Å². The molecule has 23 heavy (non-hydrogen) atoms. The van der Waals surface area contributed by atoms with Crippen molar-refractivity contribution >= 4 is 30.8 Å². The highest BCUT2D eigenvalue weighted by atomic mass is 28.3. The minimum absolute atomic E-state index is 0.747. The fourth-order valence-corrected chi connectivity index (χ4v) is 4.83. The first kappa shape index (κ1) is 16.2. The minimum Gasteiger partial charge on any atom is -0.397 e. The predicted molar refractivity (Wildman–Crippen MR) is 100 cm³/mol. The third-order valence-electron chi connectivity index (χ3n) is 4.19. The maximum Gasteiger partial charge on any atom is 0.321 e. The van der Waals surface area contributed by atoms with Gasteiger partial charge in [0.15, 0.2) is 0 Å². The zero-order valence-corrected chi connectivity index (χ0v) is 15.1. The molecular weight excluding hydrogens is 300 g/mol. The summed E-state index contributed by atoms with van der Waals surface area (Å²) >= 11 is 0. The Morgan fingerprint density at radius 3 is 2.13 bits per heavy atom. The van der Waals surface area contributed by atoms with Crippen molar-refractivity contribution in [2.75, 3.05) is 13.2 Å². The lowest BCUT2D eigenvalue weighted by molar-refractivity contribution is 0.213. The summed E-state index contributed by atoms with van der Waals surface area (Å²) in [5, 5.41) is 5.27. The SMILES string of the molecule is CCO[SiH](CCc1cccc2cc3ccccc3cc12)OCC. The smallest absolute Gasteiger partial charge is 0.321 e. The van der Waals surface area contributed by atoms with Gasteiger partial charge in [0.05, 0.1) is 0 Å². The molecule has 0 amide bonds. The number of aryl methyl sites for hydroxylation is 1. The Hall–Kier alpha value is -1.68. The molecule has 0 aliphatic carbocycles. The van der Waals surface area contributed by atoms with Crippen LogP contribution in [0.3, 0.4) is 0 Å². The summed E-state index contributed by atoms with van der Waals surface area (Å²) in [4.78, 5) is 0. The highest BCUT2D eigenvalue weighted by Crippen LogP contribution is 2.26. The van der Waals surface area contributed by atoms with E-state index in [-0.39, 0.29) is 0 Å². The van der Waals surface area contributed by atoms with Crippen molar-refractivity contribution in [2.45, 2.75) is 26.3 Å². The molecule has 3 heteroatoms. The number of hydrogen-bond acceptors (Lipinski definition) is 2. The molecule has 0 heterocycles. The Labute approximate surface area is 139 Å². The van der Waals surface area contributed by atoms with Crippen LogP contribution in [-0.2, 0) is 15.3 Å². The van der Waals surface area contributed by atoms with Gasteiger partial charge in [0, 0.05) is 13.2 Å². The Bertz CT molecular complexity index is 779.